The molecule has 2 aromatic heterocycles. The maximum atomic E-state index is 13.1. The van der Waals surface area contributed by atoms with Crippen molar-refractivity contribution in [1.82, 2.24) is 19.8 Å². The molecule has 0 unspecified atom stereocenters. The Balaban J connectivity index is 1.61. The highest BCUT2D eigenvalue weighted by atomic mass is 16.4. The first-order valence-corrected chi connectivity index (χ1v) is 10.5. The number of para-hydroxylation sites is 1. The number of nitrogens with one attached hydrogen (secondary N) is 1. The minimum absolute atomic E-state index is 0.0386. The van der Waals surface area contributed by atoms with Crippen LogP contribution in [0.5, 0.6) is 0 Å². The lowest BCUT2D eigenvalue weighted by Gasteiger charge is -2.19. The minimum Gasteiger partial charge on any atom is -0.443 e. The number of carbonyl (C=O) groups excluding carboxylic acids is 2. The van der Waals surface area contributed by atoms with Gasteiger partial charge in [-0.3, -0.25) is 9.59 Å². The number of amides is 2. The van der Waals surface area contributed by atoms with Gasteiger partial charge in [0.25, 0.3) is 11.8 Å². The highest BCUT2D eigenvalue weighted by Gasteiger charge is 2.30. The molecule has 0 spiro atoms. The fourth-order valence-electron chi connectivity index (χ4n) is 4.07. The normalized spacial score (nSPS) is 15.2. The number of aryl methyl sites for hydroxylation is 2. The van der Waals surface area contributed by atoms with Crippen molar-refractivity contribution in [3.8, 4) is 0 Å². The molecule has 1 fully saturated rings. The van der Waals surface area contributed by atoms with Gasteiger partial charge < -0.3 is 19.2 Å². The van der Waals surface area contributed by atoms with Crippen LogP contribution >= 0.6 is 0 Å². The molecule has 1 aromatic carbocycles. The number of fused-ring (bicyclic) bond motifs is 1. The first-order chi connectivity index (χ1) is 14.4. The summed E-state index contributed by atoms with van der Waals surface area (Å²) in [6.07, 6.45) is 3.87. The quantitative estimate of drug-likeness (QED) is 0.696. The first-order valence-electron chi connectivity index (χ1n) is 10.5. The number of nitrogens with zero attached hydrogens (tertiary/aromatic N) is 3. The van der Waals surface area contributed by atoms with Crippen LogP contribution in [-0.2, 0) is 7.05 Å². The van der Waals surface area contributed by atoms with E-state index < -0.39 is 6.04 Å². The number of oxazole rings is 1. The summed E-state index contributed by atoms with van der Waals surface area (Å²) in [4.78, 5) is 32.2. The van der Waals surface area contributed by atoms with E-state index in [1.807, 2.05) is 60.8 Å². The maximum Gasteiger partial charge on any atom is 0.276 e. The van der Waals surface area contributed by atoms with Crippen LogP contribution in [-0.4, -0.2) is 39.4 Å². The number of rotatable bonds is 5. The van der Waals surface area contributed by atoms with Gasteiger partial charge in [0.15, 0.2) is 5.69 Å². The van der Waals surface area contributed by atoms with Crippen LogP contribution in [0.3, 0.4) is 0 Å². The van der Waals surface area contributed by atoms with Crippen LogP contribution < -0.4 is 5.32 Å². The van der Waals surface area contributed by atoms with E-state index in [1.54, 1.807) is 6.92 Å². The summed E-state index contributed by atoms with van der Waals surface area (Å²) >= 11 is 0. The Morgan fingerprint density at radius 1 is 1.17 bits per heavy atom. The lowest BCUT2D eigenvalue weighted by molar-refractivity contribution is 0.0785. The van der Waals surface area contributed by atoms with Crippen molar-refractivity contribution < 1.29 is 14.0 Å². The van der Waals surface area contributed by atoms with Gasteiger partial charge in [0, 0.05) is 37.2 Å². The van der Waals surface area contributed by atoms with Crippen LogP contribution in [0.15, 0.2) is 34.9 Å². The molecule has 1 saturated heterocycles. The highest BCUT2D eigenvalue weighted by Crippen LogP contribution is 2.27. The number of carbonyl (C=O) groups is 2. The highest BCUT2D eigenvalue weighted by molar-refractivity contribution is 6.07. The molecule has 1 N–H and O–H groups in total. The van der Waals surface area contributed by atoms with E-state index >= 15 is 0 Å². The molecule has 3 heterocycles. The standard InChI is InChI=1S/C23H28N4O3/c1-14(2)19(22-25-20(15(3)30-22)23(29)27-11-7-8-12-27)24-21(28)17-13-26(4)18-10-6-5-9-16(17)18/h5-6,9-10,13-14,19H,7-8,11-12H2,1-4H3,(H,24,28)/t19-/m0/s1. The molecule has 0 saturated carbocycles. The Morgan fingerprint density at radius 2 is 1.87 bits per heavy atom. The van der Waals surface area contributed by atoms with E-state index in [0.29, 0.717) is 22.9 Å². The fourth-order valence-corrected chi connectivity index (χ4v) is 4.07. The largest absolute Gasteiger partial charge is 0.443 e. The van der Waals surface area contributed by atoms with Crippen LogP contribution in [0.2, 0.25) is 0 Å². The molecular formula is C23H28N4O3. The molecule has 0 radical (unpaired) electrons. The molecule has 30 heavy (non-hydrogen) atoms. The summed E-state index contributed by atoms with van der Waals surface area (Å²) < 4.78 is 7.81. The van der Waals surface area contributed by atoms with Crippen LogP contribution in [0.1, 0.15) is 65.2 Å². The maximum absolute atomic E-state index is 13.1. The Labute approximate surface area is 176 Å². The summed E-state index contributed by atoms with van der Waals surface area (Å²) in [6, 6.07) is 7.37. The second-order valence-electron chi connectivity index (χ2n) is 8.32. The molecule has 2 amide bonds. The molecule has 1 aliphatic heterocycles. The monoisotopic (exact) mass is 408 g/mol. The molecular weight excluding hydrogens is 380 g/mol. The molecule has 4 rings (SSSR count). The molecule has 3 aromatic rings. The molecule has 1 atom stereocenters. The van der Waals surface area contributed by atoms with Gasteiger partial charge in [0.2, 0.25) is 5.89 Å². The Hall–Kier alpha value is -3.09. The number of hydrogen-bond donors (Lipinski definition) is 1. The fraction of sp³-hybridized carbons (Fsp3) is 0.435. The molecule has 7 heteroatoms. The Bertz CT molecular complexity index is 1090. The third-order valence-electron chi connectivity index (χ3n) is 5.77. The van der Waals surface area contributed by atoms with Crippen LogP contribution in [0.4, 0.5) is 0 Å². The summed E-state index contributed by atoms with van der Waals surface area (Å²) in [6.45, 7) is 7.26. The molecule has 0 aliphatic carbocycles. The van der Waals surface area contributed by atoms with Crippen molar-refractivity contribution in [2.24, 2.45) is 13.0 Å². The first kappa shape index (κ1) is 20.2. The third kappa shape index (κ3) is 3.60. The number of aromatic nitrogens is 2. The Morgan fingerprint density at radius 3 is 2.57 bits per heavy atom. The SMILES string of the molecule is Cc1oc([C@@H](NC(=O)c2cn(C)c3ccccc23)C(C)C)nc1C(=O)N1CCCC1. The molecule has 1 aliphatic rings. The average Bonchev–Trinajstić information content (AvgIpc) is 3.45. The second-order valence-corrected chi connectivity index (χ2v) is 8.32. The average molecular weight is 409 g/mol. The number of likely N-dealkylation sites (tertiary alicyclic amines) is 1. The molecule has 0 bridgehead atoms. The van der Waals surface area contributed by atoms with Gasteiger partial charge in [-0.25, -0.2) is 4.98 Å². The van der Waals surface area contributed by atoms with Gasteiger partial charge in [-0.2, -0.15) is 0 Å². The Kier molecular flexibility index (Phi) is 5.37. The van der Waals surface area contributed by atoms with E-state index in [9.17, 15) is 9.59 Å². The zero-order valence-corrected chi connectivity index (χ0v) is 17.9. The zero-order valence-electron chi connectivity index (χ0n) is 17.9. The van der Waals surface area contributed by atoms with Gasteiger partial charge >= 0.3 is 0 Å². The summed E-state index contributed by atoms with van der Waals surface area (Å²) in [5, 5.41) is 3.97. The van der Waals surface area contributed by atoms with E-state index in [4.69, 9.17) is 4.42 Å². The van der Waals surface area contributed by atoms with Crippen molar-refractivity contribution in [2.45, 2.75) is 39.7 Å². The van der Waals surface area contributed by atoms with Crippen molar-refractivity contribution in [3.63, 3.8) is 0 Å². The zero-order chi connectivity index (χ0) is 21.4. The van der Waals surface area contributed by atoms with Crippen molar-refractivity contribution >= 4 is 22.7 Å². The molecule has 7 nitrogen and oxygen atoms in total. The molecule has 158 valence electrons. The summed E-state index contributed by atoms with van der Waals surface area (Å²) in [5.41, 5.74) is 1.95. The second kappa shape index (κ2) is 7.97. The van der Waals surface area contributed by atoms with Crippen molar-refractivity contribution in [3.05, 3.63) is 53.4 Å². The summed E-state index contributed by atoms with van der Waals surface area (Å²) in [5.74, 6) is 0.624. The smallest absolute Gasteiger partial charge is 0.276 e. The van der Waals surface area contributed by atoms with E-state index in [0.717, 1.165) is 36.8 Å². The predicted octanol–water partition coefficient (Wildman–Crippen LogP) is 3.84. The van der Waals surface area contributed by atoms with E-state index in [1.165, 1.54) is 0 Å². The van der Waals surface area contributed by atoms with Gasteiger partial charge in [-0.1, -0.05) is 32.0 Å². The van der Waals surface area contributed by atoms with E-state index in [2.05, 4.69) is 10.3 Å². The van der Waals surface area contributed by atoms with Gasteiger partial charge in [0.1, 0.15) is 11.8 Å². The van der Waals surface area contributed by atoms with Crippen LogP contribution in [0, 0.1) is 12.8 Å². The van der Waals surface area contributed by atoms with Gasteiger partial charge in [-0.15, -0.1) is 0 Å². The lowest BCUT2D eigenvalue weighted by Crippen LogP contribution is -2.32. The van der Waals surface area contributed by atoms with E-state index in [-0.39, 0.29) is 17.7 Å². The summed E-state index contributed by atoms with van der Waals surface area (Å²) in [7, 11) is 1.92. The number of hydrogen-bond acceptors (Lipinski definition) is 4. The van der Waals surface area contributed by atoms with Crippen molar-refractivity contribution in [2.75, 3.05) is 13.1 Å². The lowest BCUT2D eigenvalue weighted by atomic mass is 10.0. The van der Waals surface area contributed by atoms with Gasteiger partial charge in [-0.05, 0) is 31.7 Å². The van der Waals surface area contributed by atoms with Gasteiger partial charge in [0.05, 0.1) is 5.56 Å². The number of benzene rings is 1. The van der Waals surface area contributed by atoms with Crippen LogP contribution in [0.25, 0.3) is 10.9 Å². The minimum atomic E-state index is -0.435. The topological polar surface area (TPSA) is 80.4 Å². The van der Waals surface area contributed by atoms with Crippen molar-refractivity contribution in [1.29, 1.82) is 0 Å². The third-order valence-corrected chi connectivity index (χ3v) is 5.77. The predicted molar refractivity (Wildman–Crippen MR) is 114 cm³/mol.